The highest BCUT2D eigenvalue weighted by atomic mass is 16.5. The van der Waals surface area contributed by atoms with Gasteiger partial charge in [0.25, 0.3) is 0 Å². The summed E-state index contributed by atoms with van der Waals surface area (Å²) < 4.78 is 11.7. The fourth-order valence-electron chi connectivity index (χ4n) is 2.79. The van der Waals surface area contributed by atoms with Crippen LogP contribution in [-0.4, -0.2) is 30.5 Å². The van der Waals surface area contributed by atoms with Gasteiger partial charge < -0.3 is 15.2 Å². The van der Waals surface area contributed by atoms with Gasteiger partial charge in [-0.3, -0.25) is 0 Å². The zero-order chi connectivity index (χ0) is 10.2. The Morgan fingerprint density at radius 2 is 2.00 bits per heavy atom. The van der Waals surface area contributed by atoms with Crippen molar-refractivity contribution in [1.29, 1.82) is 0 Å². The second-order valence-electron chi connectivity index (χ2n) is 5.32. The van der Waals surface area contributed by atoms with Crippen molar-refractivity contribution in [3.05, 3.63) is 0 Å². The predicted octanol–water partition coefficient (Wildman–Crippen LogP) is 1.45. The normalized spacial score (nSPS) is 42.6. The summed E-state index contributed by atoms with van der Waals surface area (Å²) in [5, 5.41) is 0. The van der Waals surface area contributed by atoms with E-state index in [0.717, 1.165) is 38.9 Å². The molecule has 2 N–H and O–H groups in total. The van der Waals surface area contributed by atoms with Crippen LogP contribution in [0.5, 0.6) is 0 Å². The van der Waals surface area contributed by atoms with Crippen molar-refractivity contribution in [3.8, 4) is 0 Å². The molecule has 0 aromatic heterocycles. The first-order chi connectivity index (χ1) is 6.52. The molecule has 0 saturated carbocycles. The summed E-state index contributed by atoms with van der Waals surface area (Å²) in [5.41, 5.74) is 5.98. The molecule has 14 heavy (non-hydrogen) atoms. The second kappa shape index (κ2) is 3.47. The average molecular weight is 199 g/mol. The molecule has 2 heterocycles. The van der Waals surface area contributed by atoms with Crippen molar-refractivity contribution in [2.45, 2.75) is 56.8 Å². The number of hydrogen-bond donors (Lipinski definition) is 1. The van der Waals surface area contributed by atoms with Crippen LogP contribution >= 0.6 is 0 Å². The van der Waals surface area contributed by atoms with Crippen LogP contribution in [-0.2, 0) is 9.47 Å². The molecule has 2 rings (SSSR count). The first-order valence-electron chi connectivity index (χ1n) is 5.55. The van der Waals surface area contributed by atoms with Gasteiger partial charge in [0.15, 0.2) is 0 Å². The minimum atomic E-state index is -0.0463. The maximum absolute atomic E-state index is 6.01. The largest absolute Gasteiger partial charge is 0.375 e. The first-order valence-corrected chi connectivity index (χ1v) is 5.55. The SMILES string of the molecule is CC1(C)CC2(CCO1)CC(N)CCO2. The van der Waals surface area contributed by atoms with E-state index in [1.165, 1.54) is 0 Å². The Hall–Kier alpha value is -0.120. The second-order valence-corrected chi connectivity index (χ2v) is 5.32. The average Bonchev–Trinajstić information content (AvgIpc) is 2.00. The van der Waals surface area contributed by atoms with Crippen LogP contribution in [0.4, 0.5) is 0 Å². The molecule has 0 aromatic carbocycles. The van der Waals surface area contributed by atoms with Crippen molar-refractivity contribution >= 4 is 0 Å². The van der Waals surface area contributed by atoms with Crippen LogP contribution in [0.1, 0.15) is 39.5 Å². The first kappa shape index (κ1) is 10.4. The standard InChI is InChI=1S/C11H21NO2/c1-10(2)8-11(4-6-13-10)7-9(12)3-5-14-11/h9H,3-8,12H2,1-2H3. The summed E-state index contributed by atoms with van der Waals surface area (Å²) in [6.07, 6.45) is 3.99. The van der Waals surface area contributed by atoms with Gasteiger partial charge in [0.2, 0.25) is 0 Å². The van der Waals surface area contributed by atoms with Crippen molar-refractivity contribution in [2.75, 3.05) is 13.2 Å². The van der Waals surface area contributed by atoms with E-state index in [2.05, 4.69) is 13.8 Å². The molecular formula is C11H21NO2. The van der Waals surface area contributed by atoms with Crippen molar-refractivity contribution in [3.63, 3.8) is 0 Å². The summed E-state index contributed by atoms with van der Waals surface area (Å²) in [4.78, 5) is 0. The van der Waals surface area contributed by atoms with Crippen LogP contribution < -0.4 is 5.73 Å². The Balaban J connectivity index is 2.06. The quantitative estimate of drug-likeness (QED) is 0.642. The lowest BCUT2D eigenvalue weighted by molar-refractivity contribution is -0.186. The molecule has 2 aliphatic rings. The summed E-state index contributed by atoms with van der Waals surface area (Å²) in [6.45, 7) is 5.89. The molecule has 1 spiro atoms. The van der Waals surface area contributed by atoms with Crippen molar-refractivity contribution in [1.82, 2.24) is 0 Å². The van der Waals surface area contributed by atoms with E-state index in [9.17, 15) is 0 Å². The highest BCUT2D eigenvalue weighted by Crippen LogP contribution is 2.40. The molecule has 0 aromatic rings. The molecule has 0 radical (unpaired) electrons. The zero-order valence-corrected chi connectivity index (χ0v) is 9.21. The van der Waals surface area contributed by atoms with Gasteiger partial charge >= 0.3 is 0 Å². The summed E-state index contributed by atoms with van der Waals surface area (Å²) in [5.74, 6) is 0. The third-order valence-electron chi connectivity index (χ3n) is 3.33. The Bertz CT molecular complexity index is 213. The Morgan fingerprint density at radius 1 is 1.21 bits per heavy atom. The van der Waals surface area contributed by atoms with E-state index in [0.29, 0.717) is 6.04 Å². The van der Waals surface area contributed by atoms with Gasteiger partial charge in [-0.25, -0.2) is 0 Å². The topological polar surface area (TPSA) is 44.5 Å². The summed E-state index contributed by atoms with van der Waals surface area (Å²) in [6, 6.07) is 0.317. The molecule has 2 aliphatic heterocycles. The van der Waals surface area contributed by atoms with Crippen LogP contribution in [0.25, 0.3) is 0 Å². The van der Waals surface area contributed by atoms with E-state index in [1.807, 2.05) is 0 Å². The highest BCUT2D eigenvalue weighted by molar-refractivity contribution is 4.96. The van der Waals surface area contributed by atoms with Gasteiger partial charge in [-0.1, -0.05) is 0 Å². The molecule has 2 atom stereocenters. The maximum atomic E-state index is 6.01. The third kappa shape index (κ3) is 2.10. The van der Waals surface area contributed by atoms with Gasteiger partial charge in [-0.2, -0.15) is 0 Å². The Kier molecular flexibility index (Phi) is 2.58. The number of rotatable bonds is 0. The van der Waals surface area contributed by atoms with Crippen molar-refractivity contribution in [2.24, 2.45) is 5.73 Å². The van der Waals surface area contributed by atoms with E-state index in [1.54, 1.807) is 0 Å². The molecule has 0 aliphatic carbocycles. The van der Waals surface area contributed by atoms with Crippen LogP contribution in [0.2, 0.25) is 0 Å². The van der Waals surface area contributed by atoms with Gasteiger partial charge in [0, 0.05) is 19.1 Å². The molecule has 2 fully saturated rings. The van der Waals surface area contributed by atoms with Gasteiger partial charge in [-0.15, -0.1) is 0 Å². The molecule has 82 valence electrons. The van der Waals surface area contributed by atoms with Crippen LogP contribution in [0.3, 0.4) is 0 Å². The molecule has 0 bridgehead atoms. The van der Waals surface area contributed by atoms with E-state index < -0.39 is 0 Å². The lowest BCUT2D eigenvalue weighted by Gasteiger charge is -2.48. The zero-order valence-electron chi connectivity index (χ0n) is 9.21. The van der Waals surface area contributed by atoms with E-state index >= 15 is 0 Å². The predicted molar refractivity (Wildman–Crippen MR) is 55.2 cm³/mol. The number of nitrogens with two attached hydrogens (primary N) is 1. The molecule has 3 heteroatoms. The maximum Gasteiger partial charge on any atom is 0.0746 e. The minimum absolute atomic E-state index is 0.0133. The van der Waals surface area contributed by atoms with Gasteiger partial charge in [0.05, 0.1) is 17.8 Å². The number of ether oxygens (including phenoxy) is 2. The smallest absolute Gasteiger partial charge is 0.0746 e. The number of hydrogen-bond acceptors (Lipinski definition) is 3. The fourth-order valence-corrected chi connectivity index (χ4v) is 2.79. The fraction of sp³-hybridized carbons (Fsp3) is 1.00. The third-order valence-corrected chi connectivity index (χ3v) is 3.33. The van der Waals surface area contributed by atoms with Crippen LogP contribution in [0.15, 0.2) is 0 Å². The van der Waals surface area contributed by atoms with E-state index in [4.69, 9.17) is 15.2 Å². The van der Waals surface area contributed by atoms with E-state index in [-0.39, 0.29) is 11.2 Å². The Morgan fingerprint density at radius 3 is 2.64 bits per heavy atom. The summed E-state index contributed by atoms with van der Waals surface area (Å²) >= 11 is 0. The lowest BCUT2D eigenvalue weighted by Crippen LogP contribution is -2.53. The molecule has 2 unspecified atom stereocenters. The summed E-state index contributed by atoms with van der Waals surface area (Å²) in [7, 11) is 0. The van der Waals surface area contributed by atoms with Gasteiger partial charge in [0.1, 0.15) is 0 Å². The highest BCUT2D eigenvalue weighted by Gasteiger charge is 2.44. The lowest BCUT2D eigenvalue weighted by atomic mass is 9.78. The molecular weight excluding hydrogens is 178 g/mol. The molecule has 0 amide bonds. The van der Waals surface area contributed by atoms with Crippen LogP contribution in [0, 0.1) is 0 Å². The van der Waals surface area contributed by atoms with Crippen molar-refractivity contribution < 1.29 is 9.47 Å². The minimum Gasteiger partial charge on any atom is -0.375 e. The Labute approximate surface area is 85.9 Å². The van der Waals surface area contributed by atoms with Gasteiger partial charge in [-0.05, 0) is 33.1 Å². The molecule has 2 saturated heterocycles. The monoisotopic (exact) mass is 199 g/mol. The molecule has 3 nitrogen and oxygen atoms in total.